The van der Waals surface area contributed by atoms with Crippen molar-refractivity contribution in [2.45, 2.75) is 19.0 Å². The van der Waals surface area contributed by atoms with Crippen molar-refractivity contribution in [2.75, 3.05) is 14.1 Å². The number of hydrogen-bond acceptors (Lipinski definition) is 3. The molecule has 2 atom stereocenters. The lowest BCUT2D eigenvalue weighted by molar-refractivity contribution is 0.270. The van der Waals surface area contributed by atoms with Crippen LogP contribution in [-0.4, -0.2) is 25.0 Å². The minimum atomic E-state index is 0.179. The topological polar surface area (TPSA) is 29.3 Å². The Kier molecular flexibility index (Phi) is 3.26. The molecule has 0 aromatic carbocycles. The van der Waals surface area contributed by atoms with Crippen LogP contribution in [-0.2, 0) is 0 Å². The molecule has 0 amide bonds. The SMILES string of the molecule is CC(N)C(c1cccs1)N(C)C. The van der Waals surface area contributed by atoms with Crippen molar-refractivity contribution in [1.29, 1.82) is 0 Å². The normalized spacial score (nSPS) is 16.4. The van der Waals surface area contributed by atoms with Crippen molar-refractivity contribution in [3.63, 3.8) is 0 Å². The first kappa shape index (κ1) is 9.71. The fraction of sp³-hybridized carbons (Fsp3) is 0.556. The molecule has 0 aliphatic rings. The van der Waals surface area contributed by atoms with Gasteiger partial charge in [-0.1, -0.05) is 6.07 Å². The molecule has 0 aliphatic heterocycles. The molecule has 0 aliphatic carbocycles. The highest BCUT2D eigenvalue weighted by atomic mass is 32.1. The molecular weight excluding hydrogens is 168 g/mol. The van der Waals surface area contributed by atoms with Gasteiger partial charge in [0.25, 0.3) is 0 Å². The van der Waals surface area contributed by atoms with Crippen molar-refractivity contribution in [3.05, 3.63) is 22.4 Å². The number of thiophene rings is 1. The number of likely N-dealkylation sites (N-methyl/N-ethyl adjacent to an activating group) is 1. The van der Waals surface area contributed by atoms with Crippen LogP contribution in [0.25, 0.3) is 0 Å². The summed E-state index contributed by atoms with van der Waals surface area (Å²) in [4.78, 5) is 3.51. The Morgan fingerprint density at radius 3 is 2.50 bits per heavy atom. The summed E-state index contributed by atoms with van der Waals surface area (Å²) < 4.78 is 0. The molecule has 12 heavy (non-hydrogen) atoms. The van der Waals surface area contributed by atoms with E-state index in [1.807, 2.05) is 6.92 Å². The number of rotatable bonds is 3. The summed E-state index contributed by atoms with van der Waals surface area (Å²) >= 11 is 1.77. The van der Waals surface area contributed by atoms with E-state index in [0.29, 0.717) is 6.04 Å². The molecule has 3 heteroatoms. The summed E-state index contributed by atoms with van der Waals surface area (Å²) in [6.07, 6.45) is 0. The Balaban J connectivity index is 2.81. The first-order chi connectivity index (χ1) is 5.63. The maximum atomic E-state index is 5.89. The highest BCUT2D eigenvalue weighted by Gasteiger charge is 2.18. The van der Waals surface area contributed by atoms with E-state index in [2.05, 4.69) is 36.5 Å². The second-order valence-corrected chi connectivity index (χ2v) is 4.26. The molecule has 1 rings (SSSR count). The molecule has 0 saturated carbocycles. The van der Waals surface area contributed by atoms with E-state index in [4.69, 9.17) is 5.73 Å². The van der Waals surface area contributed by atoms with Gasteiger partial charge in [0.15, 0.2) is 0 Å². The average Bonchev–Trinajstić information content (AvgIpc) is 2.37. The summed E-state index contributed by atoms with van der Waals surface area (Å²) in [5.41, 5.74) is 5.89. The monoisotopic (exact) mass is 184 g/mol. The van der Waals surface area contributed by atoms with Gasteiger partial charge in [0.05, 0.1) is 6.04 Å². The zero-order chi connectivity index (χ0) is 9.14. The minimum Gasteiger partial charge on any atom is -0.326 e. The van der Waals surface area contributed by atoms with Crippen LogP contribution in [0.1, 0.15) is 17.8 Å². The van der Waals surface area contributed by atoms with Gasteiger partial charge in [-0.25, -0.2) is 0 Å². The standard InChI is InChI=1S/C9H16N2S/c1-7(10)9(11(2)3)8-5-4-6-12-8/h4-7,9H,10H2,1-3H3. The highest BCUT2D eigenvalue weighted by Crippen LogP contribution is 2.24. The lowest BCUT2D eigenvalue weighted by Crippen LogP contribution is -2.34. The lowest BCUT2D eigenvalue weighted by atomic mass is 10.1. The Morgan fingerprint density at radius 1 is 1.50 bits per heavy atom. The van der Waals surface area contributed by atoms with Gasteiger partial charge in [0.1, 0.15) is 0 Å². The third kappa shape index (κ3) is 2.06. The van der Waals surface area contributed by atoms with E-state index in [1.165, 1.54) is 4.88 Å². The molecule has 1 aromatic rings. The Morgan fingerprint density at radius 2 is 2.17 bits per heavy atom. The molecule has 1 heterocycles. The van der Waals surface area contributed by atoms with E-state index in [0.717, 1.165) is 0 Å². The first-order valence-corrected chi connectivity index (χ1v) is 4.96. The Hall–Kier alpha value is -0.380. The smallest absolute Gasteiger partial charge is 0.0585 e. The van der Waals surface area contributed by atoms with Crippen LogP contribution in [0, 0.1) is 0 Å². The van der Waals surface area contributed by atoms with Gasteiger partial charge >= 0.3 is 0 Å². The molecular formula is C9H16N2S. The van der Waals surface area contributed by atoms with E-state index >= 15 is 0 Å². The van der Waals surface area contributed by atoms with Gasteiger partial charge in [-0.15, -0.1) is 11.3 Å². The molecule has 2 unspecified atom stereocenters. The van der Waals surface area contributed by atoms with Crippen LogP contribution >= 0.6 is 11.3 Å². The van der Waals surface area contributed by atoms with E-state index in [1.54, 1.807) is 11.3 Å². The molecule has 0 bridgehead atoms. The van der Waals surface area contributed by atoms with Crippen LogP contribution in [0.2, 0.25) is 0 Å². The third-order valence-electron chi connectivity index (χ3n) is 1.89. The van der Waals surface area contributed by atoms with Gasteiger partial charge < -0.3 is 10.6 Å². The van der Waals surface area contributed by atoms with Gasteiger partial charge in [-0.3, -0.25) is 0 Å². The zero-order valence-corrected chi connectivity index (χ0v) is 8.64. The number of nitrogens with zero attached hydrogens (tertiary/aromatic N) is 1. The summed E-state index contributed by atoms with van der Waals surface area (Å²) in [5.74, 6) is 0. The van der Waals surface area contributed by atoms with E-state index in [-0.39, 0.29) is 6.04 Å². The van der Waals surface area contributed by atoms with Crippen molar-refractivity contribution < 1.29 is 0 Å². The predicted molar refractivity (Wildman–Crippen MR) is 54.4 cm³/mol. The predicted octanol–water partition coefficient (Wildman–Crippen LogP) is 1.70. The molecule has 0 saturated heterocycles. The molecule has 2 nitrogen and oxygen atoms in total. The van der Waals surface area contributed by atoms with Crippen LogP contribution in [0.15, 0.2) is 17.5 Å². The second-order valence-electron chi connectivity index (χ2n) is 3.28. The second kappa shape index (κ2) is 4.03. The van der Waals surface area contributed by atoms with Gasteiger partial charge in [-0.2, -0.15) is 0 Å². The summed E-state index contributed by atoms with van der Waals surface area (Å²) in [7, 11) is 4.13. The Bertz CT molecular complexity index is 208. The number of hydrogen-bond donors (Lipinski definition) is 1. The van der Waals surface area contributed by atoms with Gasteiger partial charge in [0, 0.05) is 10.9 Å². The molecule has 0 spiro atoms. The summed E-state index contributed by atoms with van der Waals surface area (Å²) in [6, 6.07) is 4.74. The van der Waals surface area contributed by atoms with Gasteiger partial charge in [-0.05, 0) is 32.5 Å². The zero-order valence-electron chi connectivity index (χ0n) is 7.82. The average molecular weight is 184 g/mol. The fourth-order valence-corrected chi connectivity index (χ4v) is 2.48. The molecule has 2 N–H and O–H groups in total. The quantitative estimate of drug-likeness (QED) is 0.774. The highest BCUT2D eigenvalue weighted by molar-refractivity contribution is 7.10. The largest absolute Gasteiger partial charge is 0.326 e. The first-order valence-electron chi connectivity index (χ1n) is 4.08. The maximum Gasteiger partial charge on any atom is 0.0585 e. The van der Waals surface area contributed by atoms with E-state index in [9.17, 15) is 0 Å². The van der Waals surface area contributed by atoms with Crippen LogP contribution in [0.5, 0.6) is 0 Å². The fourth-order valence-electron chi connectivity index (χ4n) is 1.44. The number of nitrogens with two attached hydrogens (primary N) is 1. The van der Waals surface area contributed by atoms with Crippen LogP contribution in [0.3, 0.4) is 0 Å². The summed E-state index contributed by atoms with van der Waals surface area (Å²) in [6.45, 7) is 2.05. The summed E-state index contributed by atoms with van der Waals surface area (Å²) in [5, 5.41) is 2.09. The van der Waals surface area contributed by atoms with Gasteiger partial charge in [0.2, 0.25) is 0 Å². The van der Waals surface area contributed by atoms with Crippen molar-refractivity contribution >= 4 is 11.3 Å². The molecule has 0 radical (unpaired) electrons. The third-order valence-corrected chi connectivity index (χ3v) is 2.83. The molecule has 68 valence electrons. The van der Waals surface area contributed by atoms with E-state index < -0.39 is 0 Å². The molecule has 0 fully saturated rings. The van der Waals surface area contributed by atoms with Crippen molar-refractivity contribution in [3.8, 4) is 0 Å². The van der Waals surface area contributed by atoms with Crippen molar-refractivity contribution in [2.24, 2.45) is 5.73 Å². The van der Waals surface area contributed by atoms with Crippen molar-refractivity contribution in [1.82, 2.24) is 4.90 Å². The van der Waals surface area contributed by atoms with Crippen LogP contribution in [0.4, 0.5) is 0 Å². The Labute approximate surface area is 78.0 Å². The van der Waals surface area contributed by atoms with Crippen LogP contribution < -0.4 is 5.73 Å². The lowest BCUT2D eigenvalue weighted by Gasteiger charge is -2.26. The minimum absolute atomic E-state index is 0.179. The molecule has 1 aromatic heterocycles. The maximum absolute atomic E-state index is 5.89.